The second kappa shape index (κ2) is 8.86. The molecule has 0 bridgehead atoms. The minimum atomic E-state index is -5.08. The molecular formula is C15H17F3N4O2S. The summed E-state index contributed by atoms with van der Waals surface area (Å²) in [5, 5.41) is 7.12. The Bertz CT molecular complexity index is 673. The second-order valence-corrected chi connectivity index (χ2v) is 6.33. The topological polar surface area (TPSA) is 71.2 Å². The van der Waals surface area contributed by atoms with Crippen LogP contribution in [-0.4, -0.2) is 61.3 Å². The lowest BCUT2D eigenvalue weighted by atomic mass is 10.3. The number of halogens is 3. The van der Waals surface area contributed by atoms with Crippen molar-refractivity contribution in [1.82, 2.24) is 19.4 Å². The Balaban J connectivity index is 0.000000277. The maximum Gasteiger partial charge on any atom is 0.490 e. The fourth-order valence-corrected chi connectivity index (χ4v) is 3.12. The summed E-state index contributed by atoms with van der Waals surface area (Å²) in [5.41, 5.74) is 1.26. The van der Waals surface area contributed by atoms with Gasteiger partial charge in [-0.2, -0.15) is 24.9 Å². The average molecular weight is 374 g/mol. The molecule has 0 unspecified atom stereocenters. The van der Waals surface area contributed by atoms with Crippen molar-refractivity contribution in [2.45, 2.75) is 12.7 Å². The van der Waals surface area contributed by atoms with Gasteiger partial charge in [-0.1, -0.05) is 0 Å². The molecule has 0 amide bonds. The third kappa shape index (κ3) is 6.05. The Labute approximate surface area is 146 Å². The van der Waals surface area contributed by atoms with Crippen LogP contribution in [0.25, 0.3) is 5.95 Å². The maximum absolute atomic E-state index is 10.6. The average Bonchev–Trinajstić information content (AvgIpc) is 3.04. The van der Waals surface area contributed by atoms with Crippen LogP contribution in [0.2, 0.25) is 0 Å². The van der Waals surface area contributed by atoms with Gasteiger partial charge < -0.3 is 5.11 Å². The molecule has 0 spiro atoms. The van der Waals surface area contributed by atoms with Crippen LogP contribution in [0, 0.1) is 0 Å². The highest BCUT2D eigenvalue weighted by Gasteiger charge is 2.38. The molecule has 25 heavy (non-hydrogen) atoms. The number of hydrogen-bond acceptors (Lipinski definition) is 5. The highest BCUT2D eigenvalue weighted by Crippen LogP contribution is 2.15. The monoisotopic (exact) mass is 374 g/mol. The zero-order valence-electron chi connectivity index (χ0n) is 13.2. The number of carboxylic acid groups (broad SMARTS) is 1. The third-order valence-electron chi connectivity index (χ3n) is 3.33. The Morgan fingerprint density at radius 3 is 2.36 bits per heavy atom. The SMILES string of the molecule is O=C(O)C(F)(F)F.c1cnc(-n2cccc2CN2CCSCC2)nc1. The lowest BCUT2D eigenvalue weighted by Crippen LogP contribution is -2.32. The fraction of sp³-hybridized carbons (Fsp3) is 0.400. The smallest absolute Gasteiger partial charge is 0.475 e. The Hall–Kier alpha value is -2.07. The predicted octanol–water partition coefficient (Wildman–Crippen LogP) is 2.45. The van der Waals surface area contributed by atoms with E-state index in [4.69, 9.17) is 9.90 Å². The molecular weight excluding hydrogens is 357 g/mol. The highest BCUT2D eigenvalue weighted by molar-refractivity contribution is 7.99. The van der Waals surface area contributed by atoms with E-state index < -0.39 is 12.1 Å². The molecule has 1 aliphatic rings. The van der Waals surface area contributed by atoms with Gasteiger partial charge in [0.15, 0.2) is 0 Å². The number of aliphatic carboxylic acids is 1. The van der Waals surface area contributed by atoms with E-state index in [0.29, 0.717) is 0 Å². The summed E-state index contributed by atoms with van der Waals surface area (Å²) in [6.45, 7) is 3.32. The van der Waals surface area contributed by atoms with E-state index in [1.54, 1.807) is 12.4 Å². The van der Waals surface area contributed by atoms with Gasteiger partial charge in [0, 0.05) is 55.4 Å². The normalized spacial score (nSPS) is 15.3. The maximum atomic E-state index is 10.6. The Kier molecular flexibility index (Phi) is 6.82. The van der Waals surface area contributed by atoms with Gasteiger partial charge in [-0.05, 0) is 18.2 Å². The van der Waals surface area contributed by atoms with Gasteiger partial charge in [0.1, 0.15) is 0 Å². The van der Waals surface area contributed by atoms with Crippen molar-refractivity contribution in [3.8, 4) is 5.95 Å². The summed E-state index contributed by atoms with van der Waals surface area (Å²) in [5.74, 6) is 0.474. The summed E-state index contributed by atoms with van der Waals surface area (Å²) >= 11 is 2.04. The van der Waals surface area contributed by atoms with Crippen molar-refractivity contribution >= 4 is 17.7 Å². The van der Waals surface area contributed by atoms with Crippen molar-refractivity contribution in [1.29, 1.82) is 0 Å². The lowest BCUT2D eigenvalue weighted by Gasteiger charge is -2.26. The quantitative estimate of drug-likeness (QED) is 0.890. The number of carbonyl (C=O) groups is 1. The molecule has 2 aromatic heterocycles. The third-order valence-corrected chi connectivity index (χ3v) is 4.28. The lowest BCUT2D eigenvalue weighted by molar-refractivity contribution is -0.192. The van der Waals surface area contributed by atoms with Gasteiger partial charge in [0.2, 0.25) is 5.95 Å². The first-order valence-corrected chi connectivity index (χ1v) is 8.57. The molecule has 1 aliphatic heterocycles. The minimum Gasteiger partial charge on any atom is -0.475 e. The van der Waals surface area contributed by atoms with E-state index >= 15 is 0 Å². The van der Waals surface area contributed by atoms with Crippen LogP contribution in [0.4, 0.5) is 13.2 Å². The molecule has 10 heteroatoms. The molecule has 2 aromatic rings. The van der Waals surface area contributed by atoms with Crippen molar-refractivity contribution in [3.05, 3.63) is 42.5 Å². The van der Waals surface area contributed by atoms with E-state index in [9.17, 15) is 13.2 Å². The number of carboxylic acids is 1. The largest absolute Gasteiger partial charge is 0.490 e. The molecule has 6 nitrogen and oxygen atoms in total. The first-order valence-electron chi connectivity index (χ1n) is 7.42. The predicted molar refractivity (Wildman–Crippen MR) is 87.7 cm³/mol. The highest BCUT2D eigenvalue weighted by atomic mass is 32.2. The van der Waals surface area contributed by atoms with Gasteiger partial charge in [0.05, 0.1) is 0 Å². The molecule has 3 rings (SSSR count). The van der Waals surface area contributed by atoms with E-state index in [2.05, 4.69) is 31.6 Å². The molecule has 0 aliphatic carbocycles. The van der Waals surface area contributed by atoms with Gasteiger partial charge in [-0.25, -0.2) is 14.8 Å². The number of hydrogen-bond donors (Lipinski definition) is 1. The van der Waals surface area contributed by atoms with Crippen LogP contribution in [0.1, 0.15) is 5.69 Å². The van der Waals surface area contributed by atoms with Gasteiger partial charge >= 0.3 is 12.1 Å². The van der Waals surface area contributed by atoms with Gasteiger partial charge in [0.25, 0.3) is 0 Å². The summed E-state index contributed by atoms with van der Waals surface area (Å²) in [6, 6.07) is 6.05. The van der Waals surface area contributed by atoms with Crippen LogP contribution in [-0.2, 0) is 11.3 Å². The summed E-state index contributed by atoms with van der Waals surface area (Å²) in [4.78, 5) is 20.0. The van der Waals surface area contributed by atoms with E-state index in [0.717, 1.165) is 12.5 Å². The molecule has 0 saturated carbocycles. The molecule has 1 N–H and O–H groups in total. The number of aromatic nitrogens is 3. The van der Waals surface area contributed by atoms with Crippen molar-refractivity contribution < 1.29 is 23.1 Å². The van der Waals surface area contributed by atoms with Gasteiger partial charge in [-0.15, -0.1) is 0 Å². The summed E-state index contributed by atoms with van der Waals surface area (Å²) < 4.78 is 33.8. The molecule has 1 fully saturated rings. The van der Waals surface area contributed by atoms with E-state index in [1.165, 1.54) is 30.3 Å². The van der Waals surface area contributed by atoms with Crippen LogP contribution in [0.5, 0.6) is 0 Å². The summed E-state index contributed by atoms with van der Waals surface area (Å²) in [6.07, 6.45) is 0.511. The molecule has 0 aromatic carbocycles. The van der Waals surface area contributed by atoms with Crippen molar-refractivity contribution in [3.63, 3.8) is 0 Å². The minimum absolute atomic E-state index is 0.754. The molecule has 136 valence electrons. The van der Waals surface area contributed by atoms with E-state index in [1.807, 2.05) is 24.0 Å². The number of nitrogens with zero attached hydrogens (tertiary/aromatic N) is 4. The van der Waals surface area contributed by atoms with E-state index in [-0.39, 0.29) is 0 Å². The second-order valence-electron chi connectivity index (χ2n) is 5.11. The number of thioether (sulfide) groups is 1. The first-order chi connectivity index (χ1) is 11.9. The molecule has 0 atom stereocenters. The number of rotatable bonds is 3. The zero-order chi connectivity index (χ0) is 18.3. The standard InChI is InChI=1S/C13H16N4S.C2HF3O2/c1-3-12(11-16-7-9-18-10-8-16)17(6-1)13-14-4-2-5-15-13;3-2(4,5)1(6)7/h1-6H,7-11H2;(H,6,7). The first kappa shape index (κ1) is 19.3. The van der Waals surface area contributed by atoms with Crippen LogP contribution in [0.15, 0.2) is 36.8 Å². The molecule has 1 saturated heterocycles. The van der Waals surface area contributed by atoms with Crippen LogP contribution < -0.4 is 0 Å². The molecule has 3 heterocycles. The Morgan fingerprint density at radius 1 is 1.20 bits per heavy atom. The number of alkyl halides is 3. The van der Waals surface area contributed by atoms with Crippen molar-refractivity contribution in [2.75, 3.05) is 24.6 Å². The Morgan fingerprint density at radius 2 is 1.80 bits per heavy atom. The van der Waals surface area contributed by atoms with Crippen molar-refractivity contribution in [2.24, 2.45) is 0 Å². The van der Waals surface area contributed by atoms with Gasteiger partial charge in [-0.3, -0.25) is 9.47 Å². The summed E-state index contributed by atoms with van der Waals surface area (Å²) in [7, 11) is 0. The van der Waals surface area contributed by atoms with Crippen LogP contribution in [0.3, 0.4) is 0 Å². The zero-order valence-corrected chi connectivity index (χ0v) is 14.0. The fourth-order valence-electron chi connectivity index (χ4n) is 2.14. The molecule has 0 radical (unpaired) electrons. The van der Waals surface area contributed by atoms with Crippen LogP contribution >= 0.6 is 11.8 Å².